The average Bonchev–Trinajstić information content (AvgIpc) is 1.85. The van der Waals surface area contributed by atoms with Gasteiger partial charge in [0.1, 0.15) is 5.15 Å². The Bertz CT molecular complexity index is 219. The van der Waals surface area contributed by atoms with Gasteiger partial charge in [0.25, 0.3) is 0 Å². The Morgan fingerprint density at radius 1 is 1.60 bits per heavy atom. The van der Waals surface area contributed by atoms with Gasteiger partial charge in [-0.2, -0.15) is 4.39 Å². The molecule has 0 aliphatic heterocycles. The second-order valence-corrected chi connectivity index (χ2v) is 2.14. The summed E-state index contributed by atoms with van der Waals surface area (Å²) in [6.07, 6.45) is 0. The van der Waals surface area contributed by atoms with Crippen molar-refractivity contribution in [2.24, 2.45) is 0 Å². The number of halogens is 2. The zero-order valence-corrected chi connectivity index (χ0v) is 6.11. The van der Waals surface area contributed by atoms with Gasteiger partial charge in [0.15, 0.2) is 0 Å². The molecule has 0 amide bonds. The van der Waals surface area contributed by atoms with E-state index in [1.54, 1.807) is 13.1 Å². The fraction of sp³-hybridized carbons (Fsp3) is 0.167. The summed E-state index contributed by atoms with van der Waals surface area (Å²) in [5.74, 6) is -0.572. The summed E-state index contributed by atoms with van der Waals surface area (Å²) in [6, 6.07) is 2.82. The number of pyridine rings is 1. The number of aromatic nitrogens is 1. The molecule has 0 radical (unpaired) electrons. The van der Waals surface area contributed by atoms with Crippen LogP contribution in [-0.2, 0) is 0 Å². The van der Waals surface area contributed by atoms with Gasteiger partial charge in [0.05, 0.1) is 0 Å². The predicted molar refractivity (Wildman–Crippen MR) is 38.8 cm³/mol. The van der Waals surface area contributed by atoms with Crippen LogP contribution < -0.4 is 5.32 Å². The number of hydrogen-bond donors (Lipinski definition) is 1. The molecule has 1 heterocycles. The van der Waals surface area contributed by atoms with Crippen LogP contribution in [0, 0.1) is 5.95 Å². The average molecular weight is 161 g/mol. The lowest BCUT2D eigenvalue weighted by Crippen LogP contribution is -1.91. The van der Waals surface area contributed by atoms with Crippen molar-refractivity contribution in [3.8, 4) is 0 Å². The van der Waals surface area contributed by atoms with Crippen LogP contribution in [0.15, 0.2) is 12.1 Å². The lowest BCUT2D eigenvalue weighted by Gasteiger charge is -1.98. The first-order valence-electron chi connectivity index (χ1n) is 2.73. The molecule has 0 bridgehead atoms. The Morgan fingerprint density at radius 3 is 2.80 bits per heavy atom. The largest absolute Gasteiger partial charge is 0.388 e. The van der Waals surface area contributed by atoms with E-state index in [9.17, 15) is 4.39 Å². The van der Waals surface area contributed by atoms with E-state index < -0.39 is 5.95 Å². The summed E-state index contributed by atoms with van der Waals surface area (Å²) >= 11 is 5.44. The molecule has 0 saturated carbocycles. The third-order valence-corrected chi connectivity index (χ3v) is 1.25. The smallest absolute Gasteiger partial charge is 0.216 e. The molecule has 0 saturated heterocycles. The highest BCUT2D eigenvalue weighted by atomic mass is 35.5. The van der Waals surface area contributed by atoms with E-state index in [4.69, 9.17) is 11.6 Å². The second-order valence-electron chi connectivity index (χ2n) is 1.75. The zero-order chi connectivity index (χ0) is 7.56. The summed E-state index contributed by atoms with van der Waals surface area (Å²) in [4.78, 5) is 3.34. The van der Waals surface area contributed by atoms with E-state index in [0.717, 1.165) is 0 Å². The van der Waals surface area contributed by atoms with Gasteiger partial charge in [-0.05, 0) is 6.07 Å². The number of nitrogens with zero attached hydrogens (tertiary/aromatic N) is 1. The van der Waals surface area contributed by atoms with E-state index in [-0.39, 0.29) is 5.15 Å². The molecular formula is C6H6ClFN2. The molecule has 1 N–H and O–H groups in total. The SMILES string of the molecule is CNc1cc(F)nc(Cl)c1. The van der Waals surface area contributed by atoms with Crippen LogP contribution in [0.4, 0.5) is 10.1 Å². The third kappa shape index (κ3) is 1.57. The van der Waals surface area contributed by atoms with Crippen molar-refractivity contribution in [3.05, 3.63) is 23.2 Å². The molecule has 1 aromatic rings. The zero-order valence-electron chi connectivity index (χ0n) is 5.36. The second kappa shape index (κ2) is 2.84. The molecule has 0 spiro atoms. The summed E-state index contributed by atoms with van der Waals surface area (Å²) in [7, 11) is 1.69. The lowest BCUT2D eigenvalue weighted by molar-refractivity contribution is 0.584. The summed E-state index contributed by atoms with van der Waals surface area (Å²) in [6.45, 7) is 0. The number of anilines is 1. The normalized spacial score (nSPS) is 9.50. The van der Waals surface area contributed by atoms with Gasteiger partial charge in [-0.1, -0.05) is 11.6 Å². The standard InChI is InChI=1S/C6H6ClFN2/c1-9-4-2-5(7)10-6(8)3-4/h2-3H,1H3,(H,9,10). The predicted octanol–water partition coefficient (Wildman–Crippen LogP) is 1.92. The Morgan fingerprint density at radius 2 is 2.30 bits per heavy atom. The Kier molecular flexibility index (Phi) is 2.06. The summed E-state index contributed by atoms with van der Waals surface area (Å²) in [5, 5.41) is 2.90. The van der Waals surface area contributed by atoms with E-state index >= 15 is 0 Å². The van der Waals surface area contributed by atoms with E-state index in [1.807, 2.05) is 0 Å². The number of hydrogen-bond acceptors (Lipinski definition) is 2. The van der Waals surface area contributed by atoms with Gasteiger partial charge in [0.2, 0.25) is 5.95 Å². The highest BCUT2D eigenvalue weighted by molar-refractivity contribution is 6.29. The van der Waals surface area contributed by atoms with Crippen LogP contribution in [0.2, 0.25) is 5.15 Å². The maximum atomic E-state index is 12.4. The van der Waals surface area contributed by atoms with Gasteiger partial charge in [-0.25, -0.2) is 4.98 Å². The Labute approximate surface area is 63.0 Å². The van der Waals surface area contributed by atoms with Crippen molar-refractivity contribution in [2.75, 3.05) is 12.4 Å². The molecule has 0 aliphatic rings. The molecule has 1 aromatic heterocycles. The minimum Gasteiger partial charge on any atom is -0.388 e. The van der Waals surface area contributed by atoms with Crippen LogP contribution in [0.5, 0.6) is 0 Å². The molecule has 0 atom stereocenters. The van der Waals surface area contributed by atoms with Crippen LogP contribution >= 0.6 is 11.6 Å². The van der Waals surface area contributed by atoms with Crippen molar-refractivity contribution >= 4 is 17.3 Å². The number of rotatable bonds is 1. The van der Waals surface area contributed by atoms with E-state index in [2.05, 4.69) is 10.3 Å². The van der Waals surface area contributed by atoms with Crippen LogP contribution in [0.25, 0.3) is 0 Å². The fourth-order valence-electron chi connectivity index (χ4n) is 0.609. The van der Waals surface area contributed by atoms with E-state index in [0.29, 0.717) is 5.69 Å². The first kappa shape index (κ1) is 7.28. The molecule has 10 heavy (non-hydrogen) atoms. The van der Waals surface area contributed by atoms with Crippen molar-refractivity contribution in [1.82, 2.24) is 4.98 Å². The Balaban J connectivity index is 3.06. The molecule has 0 fully saturated rings. The van der Waals surface area contributed by atoms with E-state index in [1.165, 1.54) is 6.07 Å². The van der Waals surface area contributed by atoms with Gasteiger partial charge in [0, 0.05) is 18.8 Å². The van der Waals surface area contributed by atoms with Gasteiger partial charge < -0.3 is 5.32 Å². The quantitative estimate of drug-likeness (QED) is 0.635. The summed E-state index contributed by atoms with van der Waals surface area (Å²) in [5.41, 5.74) is 0.623. The molecule has 2 nitrogen and oxygen atoms in total. The lowest BCUT2D eigenvalue weighted by atomic mass is 10.4. The fourth-order valence-corrected chi connectivity index (χ4v) is 0.808. The van der Waals surface area contributed by atoms with Crippen LogP contribution in [0.1, 0.15) is 0 Å². The van der Waals surface area contributed by atoms with Gasteiger partial charge >= 0.3 is 0 Å². The van der Waals surface area contributed by atoms with Crippen molar-refractivity contribution < 1.29 is 4.39 Å². The first-order chi connectivity index (χ1) is 4.72. The monoisotopic (exact) mass is 160 g/mol. The van der Waals surface area contributed by atoms with Crippen LogP contribution in [-0.4, -0.2) is 12.0 Å². The van der Waals surface area contributed by atoms with Gasteiger partial charge in [-0.3, -0.25) is 0 Å². The molecule has 0 unspecified atom stereocenters. The Hall–Kier alpha value is -0.830. The maximum Gasteiger partial charge on any atom is 0.216 e. The topological polar surface area (TPSA) is 24.9 Å². The summed E-state index contributed by atoms with van der Waals surface area (Å²) < 4.78 is 12.4. The number of nitrogens with one attached hydrogen (secondary N) is 1. The molecular weight excluding hydrogens is 155 g/mol. The van der Waals surface area contributed by atoms with Crippen molar-refractivity contribution in [1.29, 1.82) is 0 Å². The third-order valence-electron chi connectivity index (χ3n) is 1.05. The molecule has 0 aliphatic carbocycles. The van der Waals surface area contributed by atoms with Gasteiger partial charge in [-0.15, -0.1) is 0 Å². The van der Waals surface area contributed by atoms with Crippen LogP contribution in [0.3, 0.4) is 0 Å². The first-order valence-corrected chi connectivity index (χ1v) is 3.11. The highest BCUT2D eigenvalue weighted by Gasteiger charge is 1.96. The van der Waals surface area contributed by atoms with Crippen molar-refractivity contribution in [3.63, 3.8) is 0 Å². The molecule has 54 valence electrons. The molecule has 4 heteroatoms. The minimum atomic E-state index is -0.572. The molecule has 0 aromatic carbocycles. The maximum absolute atomic E-state index is 12.4. The highest BCUT2D eigenvalue weighted by Crippen LogP contribution is 2.13. The van der Waals surface area contributed by atoms with Crippen molar-refractivity contribution in [2.45, 2.75) is 0 Å². The minimum absolute atomic E-state index is 0.157. The molecule has 1 rings (SSSR count).